The molecule has 6 rings (SSSR count). The fourth-order valence-electron chi connectivity index (χ4n) is 5.19. The van der Waals surface area contributed by atoms with Gasteiger partial charge in [-0.25, -0.2) is 9.79 Å². The molecule has 0 saturated carbocycles. The van der Waals surface area contributed by atoms with Gasteiger partial charge < -0.3 is 19.5 Å². The van der Waals surface area contributed by atoms with Gasteiger partial charge in [0.05, 0.1) is 43.7 Å². The average Bonchev–Trinajstić information content (AvgIpc) is 3.50. The molecule has 11 heteroatoms. The molecular weight excluding hydrogens is 578 g/mol. The third kappa shape index (κ3) is 4.49. The van der Waals surface area contributed by atoms with E-state index in [9.17, 15) is 14.4 Å². The van der Waals surface area contributed by atoms with Crippen LogP contribution in [0.3, 0.4) is 0 Å². The molecule has 2 aliphatic heterocycles. The number of carbonyl (C=O) groups excluding carboxylic acids is 2. The first-order valence-corrected chi connectivity index (χ1v) is 14.2. The number of rotatable bonds is 6. The molecule has 1 aromatic heterocycles. The second-order valence-corrected chi connectivity index (χ2v) is 10.8. The predicted octanol–water partition coefficient (Wildman–Crippen LogP) is 3.93. The number of esters is 1. The van der Waals surface area contributed by atoms with E-state index in [4.69, 9.17) is 30.8 Å². The molecule has 1 amide bonds. The molecule has 0 radical (unpaired) electrons. The molecule has 212 valence electrons. The van der Waals surface area contributed by atoms with E-state index in [2.05, 4.69) is 5.32 Å². The van der Waals surface area contributed by atoms with Gasteiger partial charge >= 0.3 is 5.97 Å². The van der Waals surface area contributed by atoms with Crippen LogP contribution in [0.1, 0.15) is 29.7 Å². The number of nitrogens with one attached hydrogen (secondary N) is 1. The molecule has 0 aliphatic carbocycles. The average molecular weight is 602 g/mol. The highest BCUT2D eigenvalue weighted by Crippen LogP contribution is 2.39. The van der Waals surface area contributed by atoms with E-state index < -0.39 is 23.5 Å². The lowest BCUT2D eigenvalue weighted by molar-refractivity contribution is -0.138. The van der Waals surface area contributed by atoms with Crippen molar-refractivity contribution in [3.63, 3.8) is 0 Å². The van der Waals surface area contributed by atoms with Crippen LogP contribution in [-0.2, 0) is 14.3 Å². The maximum atomic E-state index is 14.3. The molecule has 2 aliphatic rings. The van der Waals surface area contributed by atoms with E-state index in [-0.39, 0.29) is 22.3 Å². The SMILES string of the molecule is CCOC(=O)C1=C(c2ccccc2)N=c2s/c(=C3\C(=O)Nc4ccc(Cl)cc43)c(=O)n2[C@@H]1c1ccc(OC)c(OC)c1. The minimum absolute atomic E-state index is 0.120. The summed E-state index contributed by atoms with van der Waals surface area (Å²) in [6.07, 6.45) is 0. The second kappa shape index (κ2) is 11.0. The number of methoxy groups -OCH3 is 2. The van der Waals surface area contributed by atoms with E-state index >= 15 is 0 Å². The van der Waals surface area contributed by atoms with Crippen LogP contribution in [0.25, 0.3) is 11.3 Å². The van der Waals surface area contributed by atoms with Gasteiger partial charge in [0.2, 0.25) is 0 Å². The minimum Gasteiger partial charge on any atom is -0.493 e. The van der Waals surface area contributed by atoms with Gasteiger partial charge in [-0.3, -0.25) is 14.2 Å². The van der Waals surface area contributed by atoms with Gasteiger partial charge in [-0.05, 0) is 42.8 Å². The van der Waals surface area contributed by atoms with Crippen LogP contribution in [0.4, 0.5) is 5.69 Å². The van der Waals surface area contributed by atoms with Crippen molar-refractivity contribution in [2.45, 2.75) is 13.0 Å². The fourth-order valence-corrected chi connectivity index (χ4v) is 6.46. The first-order valence-electron chi connectivity index (χ1n) is 13.0. The van der Waals surface area contributed by atoms with Gasteiger partial charge in [0.25, 0.3) is 11.5 Å². The van der Waals surface area contributed by atoms with E-state index in [1.165, 1.54) is 18.8 Å². The Balaban J connectivity index is 1.72. The molecular formula is C31H24ClN3O6S. The molecule has 9 nitrogen and oxygen atoms in total. The third-order valence-electron chi connectivity index (χ3n) is 7.03. The van der Waals surface area contributed by atoms with Gasteiger partial charge in [0.15, 0.2) is 16.3 Å². The Morgan fingerprint density at radius 2 is 1.79 bits per heavy atom. The maximum absolute atomic E-state index is 14.3. The molecule has 0 bridgehead atoms. The summed E-state index contributed by atoms with van der Waals surface area (Å²) in [5.74, 6) is -0.140. The Morgan fingerprint density at radius 1 is 1.02 bits per heavy atom. The van der Waals surface area contributed by atoms with Crippen molar-refractivity contribution in [3.05, 3.63) is 114 Å². The summed E-state index contributed by atoms with van der Waals surface area (Å²) in [5, 5.41) is 3.23. The van der Waals surface area contributed by atoms with E-state index in [0.717, 1.165) is 11.3 Å². The van der Waals surface area contributed by atoms with Crippen LogP contribution < -0.4 is 29.7 Å². The van der Waals surface area contributed by atoms with E-state index in [0.29, 0.717) is 49.4 Å². The number of nitrogens with zero attached hydrogens (tertiary/aromatic N) is 2. The second-order valence-electron chi connectivity index (χ2n) is 9.39. The zero-order valence-electron chi connectivity index (χ0n) is 22.8. The molecule has 0 spiro atoms. The summed E-state index contributed by atoms with van der Waals surface area (Å²) in [6, 6.07) is 18.5. The molecule has 0 unspecified atom stereocenters. The molecule has 1 N–H and O–H groups in total. The Kier molecular flexibility index (Phi) is 7.17. The van der Waals surface area contributed by atoms with Crippen molar-refractivity contribution in [1.82, 2.24) is 4.57 Å². The van der Waals surface area contributed by atoms with Gasteiger partial charge in [-0.1, -0.05) is 59.3 Å². The molecule has 1 atom stereocenters. The lowest BCUT2D eigenvalue weighted by Crippen LogP contribution is -2.40. The fraction of sp³-hybridized carbons (Fsp3) is 0.161. The molecule has 3 heterocycles. The Hall–Kier alpha value is -4.67. The number of hydrogen-bond acceptors (Lipinski definition) is 8. The number of amides is 1. The molecule has 0 saturated heterocycles. The highest BCUT2D eigenvalue weighted by atomic mass is 35.5. The number of benzene rings is 3. The number of thiazole rings is 1. The van der Waals surface area contributed by atoms with E-state index in [1.54, 1.807) is 43.3 Å². The van der Waals surface area contributed by atoms with E-state index in [1.807, 2.05) is 30.3 Å². The monoisotopic (exact) mass is 601 g/mol. The lowest BCUT2D eigenvalue weighted by atomic mass is 9.93. The molecule has 42 heavy (non-hydrogen) atoms. The van der Waals surface area contributed by atoms with Crippen molar-refractivity contribution in [2.75, 3.05) is 26.1 Å². The summed E-state index contributed by atoms with van der Waals surface area (Å²) in [6.45, 7) is 1.83. The number of halogens is 1. The number of anilines is 1. The lowest BCUT2D eigenvalue weighted by Gasteiger charge is -2.26. The van der Waals surface area contributed by atoms with Gasteiger partial charge in [0.1, 0.15) is 4.53 Å². The van der Waals surface area contributed by atoms with Crippen LogP contribution in [0.2, 0.25) is 5.02 Å². The highest BCUT2D eigenvalue weighted by molar-refractivity contribution is 7.07. The standard InChI is InChI=1S/C31H24ClN3O6S/c1-4-41-30(38)24-25(16-8-6-5-7-9-16)34-31-35(26(24)17-10-13-21(39-2)22(14-17)40-3)29(37)27(42-31)23-19-15-18(32)11-12-20(19)33-28(23)36/h5-15,26H,4H2,1-3H3,(H,33,36)/b27-23-/t26-/m1/s1. The van der Waals surface area contributed by atoms with Gasteiger partial charge in [-0.2, -0.15) is 0 Å². The van der Waals surface area contributed by atoms with Crippen molar-refractivity contribution in [1.29, 1.82) is 0 Å². The van der Waals surface area contributed by atoms with Crippen LogP contribution in [0.5, 0.6) is 11.5 Å². The first-order chi connectivity index (χ1) is 20.4. The number of fused-ring (bicyclic) bond motifs is 2. The normalized spacial score (nSPS) is 16.8. The largest absolute Gasteiger partial charge is 0.493 e. The summed E-state index contributed by atoms with van der Waals surface area (Å²) in [7, 11) is 3.03. The summed E-state index contributed by atoms with van der Waals surface area (Å²) < 4.78 is 18.1. The van der Waals surface area contributed by atoms with Crippen molar-refractivity contribution >= 4 is 51.8 Å². The minimum atomic E-state index is -0.951. The van der Waals surface area contributed by atoms with Crippen LogP contribution in [-0.4, -0.2) is 37.3 Å². The van der Waals surface area contributed by atoms with Crippen molar-refractivity contribution in [2.24, 2.45) is 4.99 Å². The molecule has 3 aromatic carbocycles. The third-order valence-corrected chi connectivity index (χ3v) is 8.31. The zero-order valence-corrected chi connectivity index (χ0v) is 24.3. The maximum Gasteiger partial charge on any atom is 0.338 e. The predicted molar refractivity (Wildman–Crippen MR) is 160 cm³/mol. The smallest absolute Gasteiger partial charge is 0.338 e. The van der Waals surface area contributed by atoms with Gasteiger partial charge in [0, 0.05) is 21.8 Å². The van der Waals surface area contributed by atoms with Crippen molar-refractivity contribution < 1.29 is 23.8 Å². The number of ether oxygens (including phenoxy) is 3. The first kappa shape index (κ1) is 27.5. The van der Waals surface area contributed by atoms with Gasteiger partial charge in [-0.15, -0.1) is 0 Å². The number of aromatic nitrogens is 1. The highest BCUT2D eigenvalue weighted by Gasteiger charge is 2.37. The van der Waals surface area contributed by atoms with Crippen molar-refractivity contribution in [3.8, 4) is 11.5 Å². The summed E-state index contributed by atoms with van der Waals surface area (Å²) in [5.41, 5.74) is 2.57. The number of hydrogen-bond donors (Lipinski definition) is 1. The molecule has 4 aromatic rings. The topological polar surface area (TPSA) is 108 Å². The van der Waals surface area contributed by atoms with Crippen LogP contribution in [0, 0.1) is 0 Å². The quantitative estimate of drug-likeness (QED) is 0.336. The molecule has 0 fully saturated rings. The van der Waals surface area contributed by atoms with Crippen LogP contribution in [0.15, 0.2) is 82.1 Å². The zero-order chi connectivity index (χ0) is 29.5. The Labute approximate surface area is 249 Å². The Bertz CT molecular complexity index is 1980. The Morgan fingerprint density at radius 3 is 2.50 bits per heavy atom. The summed E-state index contributed by atoms with van der Waals surface area (Å²) >= 11 is 7.34. The number of carbonyl (C=O) groups is 2. The van der Waals surface area contributed by atoms with Crippen LogP contribution >= 0.6 is 22.9 Å². The summed E-state index contributed by atoms with van der Waals surface area (Å²) in [4.78, 5) is 46.3.